The predicted molar refractivity (Wildman–Crippen MR) is 92.4 cm³/mol. The van der Waals surface area contributed by atoms with Crippen LogP contribution in [-0.4, -0.2) is 48.0 Å². The molecule has 5 nitrogen and oxygen atoms in total. The summed E-state index contributed by atoms with van der Waals surface area (Å²) in [4.78, 5) is 27.5. The van der Waals surface area contributed by atoms with Gasteiger partial charge in [-0.15, -0.1) is 0 Å². The second kappa shape index (κ2) is 5.84. The molecule has 0 spiro atoms. The Morgan fingerprint density at radius 1 is 1.44 bits per heavy atom. The molecule has 1 N–H and O–H groups in total. The highest BCUT2D eigenvalue weighted by molar-refractivity contribution is 6.00. The van der Waals surface area contributed by atoms with Gasteiger partial charge < -0.3 is 14.7 Å². The van der Waals surface area contributed by atoms with Crippen molar-refractivity contribution in [2.75, 3.05) is 20.2 Å². The van der Waals surface area contributed by atoms with Crippen molar-refractivity contribution in [1.29, 1.82) is 0 Å². The van der Waals surface area contributed by atoms with Gasteiger partial charge in [-0.05, 0) is 69.0 Å². The first-order valence-corrected chi connectivity index (χ1v) is 9.18. The Kier molecular flexibility index (Phi) is 3.87. The van der Waals surface area contributed by atoms with Crippen LogP contribution >= 0.6 is 0 Å². The number of phenolic OH excluding ortho intramolecular Hbond substituents is 1. The summed E-state index contributed by atoms with van der Waals surface area (Å²) >= 11 is 0. The summed E-state index contributed by atoms with van der Waals surface area (Å²) in [6, 6.07) is 5.91. The molecule has 1 aliphatic heterocycles. The lowest BCUT2D eigenvalue weighted by atomic mass is 9.50. The molecule has 134 valence electrons. The number of piperidine rings is 1. The molecule has 5 heteroatoms. The van der Waals surface area contributed by atoms with E-state index >= 15 is 0 Å². The number of benzene rings is 1. The van der Waals surface area contributed by atoms with Gasteiger partial charge in [-0.25, -0.2) is 0 Å². The van der Waals surface area contributed by atoms with Gasteiger partial charge in [0.2, 0.25) is 0 Å². The zero-order chi connectivity index (χ0) is 17.8. The average molecular weight is 343 g/mol. The standard InChI is InChI=1S/C20H25NO4/c1-3-25-19(24)14-10-16-17-8-12-4-5-13(22)9-15(12)20(16,11-18(14)23)6-7-21(17)2/h4-5,9,14,16-17,22H,3,6-8,10-11H2,1-2H3/t14?,16-,17-,20-/m1/s1. The zero-order valence-corrected chi connectivity index (χ0v) is 14.8. The third-order valence-electron chi connectivity index (χ3n) is 6.65. The monoisotopic (exact) mass is 343 g/mol. The molecule has 1 heterocycles. The van der Waals surface area contributed by atoms with Gasteiger partial charge >= 0.3 is 5.97 Å². The Morgan fingerprint density at radius 3 is 3.00 bits per heavy atom. The third-order valence-corrected chi connectivity index (χ3v) is 6.65. The first kappa shape index (κ1) is 16.6. The van der Waals surface area contributed by atoms with Gasteiger partial charge in [0, 0.05) is 17.9 Å². The lowest BCUT2D eigenvalue weighted by molar-refractivity contribution is -0.157. The molecule has 0 radical (unpaired) electrons. The van der Waals surface area contributed by atoms with Crippen LogP contribution < -0.4 is 0 Å². The Balaban J connectivity index is 1.78. The summed E-state index contributed by atoms with van der Waals surface area (Å²) in [5, 5.41) is 10.0. The van der Waals surface area contributed by atoms with E-state index in [1.807, 2.05) is 12.1 Å². The largest absolute Gasteiger partial charge is 0.508 e. The quantitative estimate of drug-likeness (QED) is 0.658. The van der Waals surface area contributed by atoms with Gasteiger partial charge in [-0.2, -0.15) is 0 Å². The number of esters is 1. The van der Waals surface area contributed by atoms with Gasteiger partial charge in [0.05, 0.1) is 6.61 Å². The van der Waals surface area contributed by atoms with Gasteiger partial charge in [-0.3, -0.25) is 9.59 Å². The van der Waals surface area contributed by atoms with Gasteiger partial charge in [0.1, 0.15) is 17.5 Å². The van der Waals surface area contributed by atoms with Crippen molar-refractivity contribution in [3.63, 3.8) is 0 Å². The van der Waals surface area contributed by atoms with E-state index in [4.69, 9.17) is 4.74 Å². The fourth-order valence-corrected chi connectivity index (χ4v) is 5.45. The molecule has 4 atom stereocenters. The van der Waals surface area contributed by atoms with Crippen molar-refractivity contribution in [1.82, 2.24) is 4.90 Å². The Morgan fingerprint density at radius 2 is 2.24 bits per heavy atom. The van der Waals surface area contributed by atoms with E-state index in [1.165, 1.54) is 5.56 Å². The maximum Gasteiger partial charge on any atom is 0.316 e. The van der Waals surface area contributed by atoms with Crippen molar-refractivity contribution in [2.24, 2.45) is 11.8 Å². The molecule has 3 aliphatic rings. The molecular weight excluding hydrogens is 318 g/mol. The molecule has 2 bridgehead atoms. The molecule has 1 unspecified atom stereocenters. The van der Waals surface area contributed by atoms with Crippen molar-refractivity contribution in [2.45, 2.75) is 44.1 Å². The fraction of sp³-hybridized carbons (Fsp3) is 0.600. The number of hydrogen-bond donors (Lipinski definition) is 1. The first-order chi connectivity index (χ1) is 12.0. The van der Waals surface area contributed by atoms with Gasteiger partial charge in [-0.1, -0.05) is 6.07 Å². The summed E-state index contributed by atoms with van der Waals surface area (Å²) < 4.78 is 5.15. The minimum Gasteiger partial charge on any atom is -0.508 e. The molecular formula is C20H25NO4. The summed E-state index contributed by atoms with van der Waals surface area (Å²) in [6.07, 6.45) is 2.73. The van der Waals surface area contributed by atoms with Gasteiger partial charge in [0.25, 0.3) is 0 Å². The number of ether oxygens (including phenoxy) is 1. The molecule has 4 rings (SSSR count). The molecule has 25 heavy (non-hydrogen) atoms. The average Bonchev–Trinajstić information content (AvgIpc) is 2.58. The van der Waals surface area contributed by atoms with E-state index < -0.39 is 5.92 Å². The van der Waals surface area contributed by atoms with Gasteiger partial charge in [0.15, 0.2) is 0 Å². The predicted octanol–water partition coefficient (Wildman–Crippen LogP) is 2.05. The third kappa shape index (κ3) is 2.40. The summed E-state index contributed by atoms with van der Waals surface area (Å²) in [5.74, 6) is -0.512. The fourth-order valence-electron chi connectivity index (χ4n) is 5.45. The minimum atomic E-state index is -0.633. The molecule has 2 aliphatic carbocycles. The molecule has 2 fully saturated rings. The number of rotatable bonds is 2. The Hall–Kier alpha value is -1.88. The maximum absolute atomic E-state index is 12.9. The second-order valence-electron chi connectivity index (χ2n) is 7.79. The number of carbonyl (C=O) groups is 2. The highest BCUT2D eigenvalue weighted by atomic mass is 16.5. The lowest BCUT2D eigenvalue weighted by Gasteiger charge is -2.58. The lowest BCUT2D eigenvalue weighted by Crippen LogP contribution is -2.62. The van der Waals surface area contributed by atoms with Crippen LogP contribution in [0.3, 0.4) is 0 Å². The highest BCUT2D eigenvalue weighted by Gasteiger charge is 2.58. The number of fused-ring (bicyclic) bond motifs is 1. The number of likely N-dealkylation sites (tertiary alicyclic amines) is 1. The molecule has 0 amide bonds. The van der Waals surface area contributed by atoms with E-state index in [2.05, 4.69) is 11.9 Å². The Bertz CT molecular complexity index is 730. The van der Waals surface area contributed by atoms with Crippen LogP contribution in [0.5, 0.6) is 5.75 Å². The smallest absolute Gasteiger partial charge is 0.316 e. The van der Waals surface area contributed by atoms with Crippen LogP contribution in [0.4, 0.5) is 0 Å². The van der Waals surface area contributed by atoms with Crippen molar-refractivity contribution < 1.29 is 19.4 Å². The number of likely N-dealkylation sites (N-methyl/N-ethyl adjacent to an activating group) is 1. The number of nitrogens with zero attached hydrogens (tertiary/aromatic N) is 1. The number of phenols is 1. The van der Waals surface area contributed by atoms with Crippen molar-refractivity contribution in [3.8, 4) is 5.75 Å². The number of carbonyl (C=O) groups excluding carboxylic acids is 2. The molecule has 0 aromatic heterocycles. The van der Waals surface area contributed by atoms with E-state index in [9.17, 15) is 14.7 Å². The summed E-state index contributed by atoms with van der Waals surface area (Å²) in [5.41, 5.74) is 2.11. The maximum atomic E-state index is 12.9. The summed E-state index contributed by atoms with van der Waals surface area (Å²) in [7, 11) is 2.13. The topological polar surface area (TPSA) is 66.8 Å². The van der Waals surface area contributed by atoms with Crippen molar-refractivity contribution in [3.05, 3.63) is 29.3 Å². The van der Waals surface area contributed by atoms with E-state index in [1.54, 1.807) is 13.0 Å². The summed E-state index contributed by atoms with van der Waals surface area (Å²) in [6.45, 7) is 3.01. The minimum absolute atomic E-state index is 0.00537. The molecule has 1 aromatic carbocycles. The molecule has 1 saturated carbocycles. The SMILES string of the molecule is CCOC(=O)C1C[C@@H]2[C@H]3Cc4ccc(O)cc4[C@@]2(CCN3C)CC1=O. The van der Waals surface area contributed by atoms with Crippen LogP contribution in [0.25, 0.3) is 0 Å². The van der Waals surface area contributed by atoms with Crippen molar-refractivity contribution >= 4 is 11.8 Å². The Labute approximate surface area is 148 Å². The van der Waals surface area contributed by atoms with Crippen LogP contribution in [0, 0.1) is 11.8 Å². The van der Waals surface area contributed by atoms with E-state index in [0.717, 1.165) is 24.9 Å². The molecule has 1 saturated heterocycles. The first-order valence-electron chi connectivity index (χ1n) is 9.18. The van der Waals surface area contributed by atoms with Crippen LogP contribution in [0.2, 0.25) is 0 Å². The molecule has 1 aromatic rings. The number of aromatic hydroxyl groups is 1. The zero-order valence-electron chi connectivity index (χ0n) is 14.8. The van der Waals surface area contributed by atoms with E-state index in [0.29, 0.717) is 25.5 Å². The number of hydrogen-bond acceptors (Lipinski definition) is 5. The van der Waals surface area contributed by atoms with Crippen LogP contribution in [0.15, 0.2) is 18.2 Å². The highest BCUT2D eigenvalue weighted by Crippen LogP contribution is 2.56. The van der Waals surface area contributed by atoms with Crippen LogP contribution in [0.1, 0.15) is 37.3 Å². The number of Topliss-reactive ketones (excluding diaryl/α,β-unsaturated/α-hetero) is 1. The van der Waals surface area contributed by atoms with E-state index in [-0.39, 0.29) is 28.8 Å². The number of ketones is 1. The normalized spacial score (nSPS) is 34.2. The second-order valence-corrected chi connectivity index (χ2v) is 7.79. The van der Waals surface area contributed by atoms with Crippen LogP contribution in [-0.2, 0) is 26.2 Å².